The summed E-state index contributed by atoms with van der Waals surface area (Å²) in [6.45, 7) is 5.80. The molecule has 4 heteroatoms. The van der Waals surface area contributed by atoms with Crippen molar-refractivity contribution in [2.24, 2.45) is 0 Å². The van der Waals surface area contributed by atoms with Crippen LogP contribution in [0.5, 0.6) is 5.75 Å². The van der Waals surface area contributed by atoms with Crippen LogP contribution in [-0.2, 0) is 0 Å². The summed E-state index contributed by atoms with van der Waals surface area (Å²) in [7, 11) is 1.51. The maximum Gasteiger partial charge on any atom is 0.204 e. The summed E-state index contributed by atoms with van der Waals surface area (Å²) in [6, 6.07) is 1.90. The summed E-state index contributed by atoms with van der Waals surface area (Å²) in [5.41, 5.74) is 1.08. The molecule has 0 aliphatic rings. The Bertz CT molecular complexity index is 272. The highest BCUT2D eigenvalue weighted by Crippen LogP contribution is 2.17. The molecule has 0 atom stereocenters. The van der Waals surface area contributed by atoms with Crippen LogP contribution < -0.4 is 4.74 Å². The molecule has 0 radical (unpaired) electrons. The largest absolute Gasteiger partial charge is 0.492 e. The molecule has 0 amide bonds. The molecule has 4 nitrogen and oxygen atoms in total. The SMILES string of the molecule is CC.COc1c(C#N)n[nH]c1C. The summed E-state index contributed by atoms with van der Waals surface area (Å²) in [4.78, 5) is 0. The van der Waals surface area contributed by atoms with Crippen LogP contribution in [0.15, 0.2) is 0 Å². The number of rotatable bonds is 1. The lowest BCUT2D eigenvalue weighted by Gasteiger charge is -1.93. The van der Waals surface area contributed by atoms with Crippen molar-refractivity contribution < 1.29 is 4.74 Å². The topological polar surface area (TPSA) is 61.7 Å². The van der Waals surface area contributed by atoms with Gasteiger partial charge in [0.15, 0.2) is 5.75 Å². The van der Waals surface area contributed by atoms with Crippen molar-refractivity contribution in [3.8, 4) is 11.8 Å². The summed E-state index contributed by atoms with van der Waals surface area (Å²) < 4.78 is 4.89. The number of nitriles is 1. The van der Waals surface area contributed by atoms with Gasteiger partial charge in [0, 0.05) is 0 Å². The third-order valence-corrected chi connectivity index (χ3v) is 1.20. The van der Waals surface area contributed by atoms with Gasteiger partial charge in [-0.15, -0.1) is 0 Å². The van der Waals surface area contributed by atoms with Crippen molar-refractivity contribution in [3.05, 3.63) is 11.4 Å². The molecule has 0 aliphatic heterocycles. The van der Waals surface area contributed by atoms with E-state index in [4.69, 9.17) is 10.00 Å². The van der Waals surface area contributed by atoms with E-state index in [9.17, 15) is 0 Å². The third-order valence-electron chi connectivity index (χ3n) is 1.20. The maximum absolute atomic E-state index is 8.45. The summed E-state index contributed by atoms with van der Waals surface area (Å²) in [5.74, 6) is 0.530. The van der Waals surface area contributed by atoms with Crippen LogP contribution in [-0.4, -0.2) is 17.3 Å². The predicted molar refractivity (Wildman–Crippen MR) is 45.9 cm³/mol. The molecule has 0 bridgehead atoms. The Kier molecular flexibility index (Phi) is 4.54. The molecular formula is C8H13N3O. The van der Waals surface area contributed by atoms with E-state index in [2.05, 4.69) is 10.2 Å². The quantitative estimate of drug-likeness (QED) is 0.691. The van der Waals surface area contributed by atoms with E-state index in [0.717, 1.165) is 5.69 Å². The zero-order valence-electron chi connectivity index (χ0n) is 7.80. The van der Waals surface area contributed by atoms with Crippen LogP contribution in [0.25, 0.3) is 0 Å². The Morgan fingerprint density at radius 2 is 2.08 bits per heavy atom. The Morgan fingerprint density at radius 1 is 1.50 bits per heavy atom. The van der Waals surface area contributed by atoms with Crippen LogP contribution in [0.1, 0.15) is 25.2 Å². The lowest BCUT2D eigenvalue weighted by Crippen LogP contribution is -1.85. The van der Waals surface area contributed by atoms with Gasteiger partial charge in [0.05, 0.1) is 12.8 Å². The summed E-state index contributed by atoms with van der Waals surface area (Å²) >= 11 is 0. The van der Waals surface area contributed by atoms with E-state index < -0.39 is 0 Å². The standard InChI is InChI=1S/C6H7N3O.C2H6/c1-4-6(10-2)5(3-7)9-8-4;1-2/h1-2H3,(H,8,9);1-2H3. The van der Waals surface area contributed by atoms with Gasteiger partial charge in [-0.1, -0.05) is 13.8 Å². The summed E-state index contributed by atoms with van der Waals surface area (Å²) in [6.07, 6.45) is 0. The molecule has 1 rings (SSSR count). The lowest BCUT2D eigenvalue weighted by atomic mass is 10.3. The van der Waals surface area contributed by atoms with Gasteiger partial charge in [0.25, 0.3) is 0 Å². The van der Waals surface area contributed by atoms with Gasteiger partial charge in [-0.2, -0.15) is 10.4 Å². The number of aromatic amines is 1. The fraction of sp³-hybridized carbons (Fsp3) is 0.500. The third kappa shape index (κ3) is 1.99. The second-order valence-corrected chi connectivity index (χ2v) is 1.84. The number of methoxy groups -OCH3 is 1. The van der Waals surface area contributed by atoms with E-state index in [1.807, 2.05) is 19.9 Å². The number of aromatic nitrogens is 2. The number of aryl methyl sites for hydroxylation is 1. The summed E-state index contributed by atoms with van der Waals surface area (Å²) in [5, 5.41) is 14.8. The zero-order chi connectivity index (χ0) is 9.56. The first-order valence-electron chi connectivity index (χ1n) is 3.78. The van der Waals surface area contributed by atoms with Crippen molar-refractivity contribution in [3.63, 3.8) is 0 Å². The molecule has 1 heterocycles. The molecule has 0 aromatic carbocycles. The fourth-order valence-electron chi connectivity index (χ4n) is 0.744. The van der Waals surface area contributed by atoms with E-state index in [0.29, 0.717) is 11.4 Å². The first kappa shape index (κ1) is 10.5. The normalized spacial score (nSPS) is 7.92. The monoisotopic (exact) mass is 167 g/mol. The lowest BCUT2D eigenvalue weighted by molar-refractivity contribution is 0.410. The highest BCUT2D eigenvalue weighted by molar-refractivity contribution is 5.39. The average molecular weight is 167 g/mol. The van der Waals surface area contributed by atoms with Gasteiger partial charge < -0.3 is 4.74 Å². The molecule has 0 saturated heterocycles. The highest BCUT2D eigenvalue weighted by atomic mass is 16.5. The van der Waals surface area contributed by atoms with Gasteiger partial charge in [0.1, 0.15) is 6.07 Å². The van der Waals surface area contributed by atoms with Crippen molar-refractivity contribution in [2.75, 3.05) is 7.11 Å². The Morgan fingerprint density at radius 3 is 2.42 bits per heavy atom. The van der Waals surface area contributed by atoms with Crippen molar-refractivity contribution in [1.29, 1.82) is 5.26 Å². The van der Waals surface area contributed by atoms with Gasteiger partial charge in [0.2, 0.25) is 5.69 Å². The van der Waals surface area contributed by atoms with Crippen LogP contribution in [0, 0.1) is 18.3 Å². The number of ether oxygens (including phenoxy) is 1. The van der Waals surface area contributed by atoms with E-state index >= 15 is 0 Å². The minimum absolute atomic E-state index is 0.306. The molecule has 0 saturated carbocycles. The molecule has 66 valence electrons. The number of nitrogens with one attached hydrogen (secondary N) is 1. The number of hydrogen-bond donors (Lipinski definition) is 1. The molecule has 0 fully saturated rings. The Hall–Kier alpha value is -1.50. The van der Waals surface area contributed by atoms with Gasteiger partial charge in [-0.05, 0) is 6.92 Å². The fourth-order valence-corrected chi connectivity index (χ4v) is 0.744. The predicted octanol–water partition coefficient (Wildman–Crippen LogP) is 1.62. The number of nitrogens with zero attached hydrogens (tertiary/aromatic N) is 2. The van der Waals surface area contributed by atoms with Crippen LogP contribution in [0.2, 0.25) is 0 Å². The van der Waals surface area contributed by atoms with E-state index in [-0.39, 0.29) is 0 Å². The minimum atomic E-state index is 0.306. The number of H-pyrrole nitrogens is 1. The number of hydrogen-bond acceptors (Lipinski definition) is 3. The highest BCUT2D eigenvalue weighted by Gasteiger charge is 2.07. The van der Waals surface area contributed by atoms with Crippen LogP contribution in [0.4, 0.5) is 0 Å². The van der Waals surface area contributed by atoms with Crippen molar-refractivity contribution >= 4 is 0 Å². The molecule has 1 aromatic heterocycles. The molecule has 1 N–H and O–H groups in total. The second-order valence-electron chi connectivity index (χ2n) is 1.84. The van der Waals surface area contributed by atoms with Gasteiger partial charge in [-0.3, -0.25) is 5.10 Å². The zero-order valence-corrected chi connectivity index (χ0v) is 7.80. The van der Waals surface area contributed by atoms with Gasteiger partial charge in [-0.25, -0.2) is 0 Å². The minimum Gasteiger partial charge on any atom is -0.492 e. The van der Waals surface area contributed by atoms with Gasteiger partial charge >= 0.3 is 0 Å². The average Bonchev–Trinajstić information content (AvgIpc) is 2.49. The first-order chi connectivity index (χ1) is 5.79. The molecule has 0 unspecified atom stereocenters. The molecule has 12 heavy (non-hydrogen) atoms. The van der Waals surface area contributed by atoms with Crippen molar-refractivity contribution in [2.45, 2.75) is 20.8 Å². The molecule has 0 aliphatic carbocycles. The first-order valence-corrected chi connectivity index (χ1v) is 3.78. The van der Waals surface area contributed by atoms with Crippen LogP contribution >= 0.6 is 0 Å². The second kappa shape index (κ2) is 5.19. The molecule has 1 aromatic rings. The Labute approximate surface area is 72.2 Å². The maximum atomic E-state index is 8.45. The van der Waals surface area contributed by atoms with E-state index in [1.165, 1.54) is 7.11 Å². The van der Waals surface area contributed by atoms with Crippen LogP contribution in [0.3, 0.4) is 0 Å². The van der Waals surface area contributed by atoms with Crippen molar-refractivity contribution in [1.82, 2.24) is 10.2 Å². The Balaban J connectivity index is 0.000000561. The molecule has 0 spiro atoms. The smallest absolute Gasteiger partial charge is 0.204 e. The molecular weight excluding hydrogens is 154 g/mol. The van der Waals surface area contributed by atoms with E-state index in [1.54, 1.807) is 6.92 Å².